The van der Waals surface area contributed by atoms with Crippen LogP contribution in [0.4, 0.5) is 0 Å². The van der Waals surface area contributed by atoms with Gasteiger partial charge in [0.25, 0.3) is 0 Å². The highest BCUT2D eigenvalue weighted by atomic mass is 14.4. The summed E-state index contributed by atoms with van der Waals surface area (Å²) in [6.45, 7) is 9.33. The summed E-state index contributed by atoms with van der Waals surface area (Å²) >= 11 is 0. The monoisotopic (exact) mass is 230 g/mol. The molecule has 0 saturated heterocycles. The molecule has 2 aliphatic rings. The molecule has 94 valence electrons. The first-order valence-electron chi connectivity index (χ1n) is 7.39. The zero-order valence-electron chi connectivity index (χ0n) is 11.8. The molecule has 17 heavy (non-hydrogen) atoms. The fraction of sp³-hybridized carbons (Fsp3) is 0.647. The molecule has 0 saturated carbocycles. The van der Waals surface area contributed by atoms with Crippen molar-refractivity contribution in [2.75, 3.05) is 0 Å². The van der Waals surface area contributed by atoms with E-state index < -0.39 is 0 Å². The number of allylic oxidation sites excluding steroid dienone is 6. The average molecular weight is 230 g/mol. The SMILES string of the molecule is CCC1=C(CC)C2C=CCC2C(CC)=C1CC. The molecule has 0 aromatic carbocycles. The Kier molecular flexibility index (Phi) is 3.91. The maximum Gasteiger partial charge on any atom is 0.00513 e. The summed E-state index contributed by atoms with van der Waals surface area (Å²) in [7, 11) is 0. The van der Waals surface area contributed by atoms with Gasteiger partial charge in [-0.05, 0) is 49.2 Å². The molecule has 0 aromatic heterocycles. The molecule has 0 radical (unpaired) electrons. The second kappa shape index (κ2) is 5.25. The van der Waals surface area contributed by atoms with E-state index in [4.69, 9.17) is 0 Å². The van der Waals surface area contributed by atoms with Crippen LogP contribution in [0.2, 0.25) is 0 Å². The molecule has 0 spiro atoms. The van der Waals surface area contributed by atoms with Gasteiger partial charge in [0, 0.05) is 5.92 Å². The van der Waals surface area contributed by atoms with Crippen molar-refractivity contribution >= 4 is 0 Å². The van der Waals surface area contributed by atoms with Crippen molar-refractivity contribution in [3.8, 4) is 0 Å². The Labute approximate surface area is 106 Å². The lowest BCUT2D eigenvalue weighted by atomic mass is 9.70. The lowest BCUT2D eigenvalue weighted by Crippen LogP contribution is -2.21. The molecule has 0 N–H and O–H groups in total. The van der Waals surface area contributed by atoms with Gasteiger partial charge in [-0.15, -0.1) is 0 Å². The number of rotatable bonds is 4. The van der Waals surface area contributed by atoms with E-state index in [1.807, 2.05) is 0 Å². The zero-order valence-corrected chi connectivity index (χ0v) is 11.8. The van der Waals surface area contributed by atoms with Gasteiger partial charge in [0.2, 0.25) is 0 Å². The normalized spacial score (nSPS) is 28.0. The molecule has 0 bridgehead atoms. The molecule has 2 rings (SSSR count). The van der Waals surface area contributed by atoms with E-state index in [9.17, 15) is 0 Å². The lowest BCUT2D eigenvalue weighted by molar-refractivity contribution is 0.495. The maximum atomic E-state index is 2.47. The molecular weight excluding hydrogens is 204 g/mol. The highest BCUT2D eigenvalue weighted by Crippen LogP contribution is 2.48. The Morgan fingerprint density at radius 2 is 1.47 bits per heavy atom. The molecule has 2 atom stereocenters. The fourth-order valence-corrected chi connectivity index (χ4v) is 3.99. The van der Waals surface area contributed by atoms with Crippen LogP contribution in [0.25, 0.3) is 0 Å². The van der Waals surface area contributed by atoms with Gasteiger partial charge in [0.1, 0.15) is 0 Å². The molecule has 0 aliphatic heterocycles. The van der Waals surface area contributed by atoms with Gasteiger partial charge in [0.05, 0.1) is 0 Å². The zero-order chi connectivity index (χ0) is 12.4. The maximum absolute atomic E-state index is 2.47. The predicted molar refractivity (Wildman–Crippen MR) is 76.0 cm³/mol. The van der Waals surface area contributed by atoms with Gasteiger partial charge in [-0.3, -0.25) is 0 Å². The van der Waals surface area contributed by atoms with E-state index in [1.54, 1.807) is 22.3 Å². The quantitative estimate of drug-likeness (QED) is 0.565. The summed E-state index contributed by atoms with van der Waals surface area (Å²) in [5, 5.41) is 0. The molecule has 2 aliphatic carbocycles. The minimum Gasteiger partial charge on any atom is -0.0873 e. The summed E-state index contributed by atoms with van der Waals surface area (Å²) in [4.78, 5) is 0. The largest absolute Gasteiger partial charge is 0.0873 e. The van der Waals surface area contributed by atoms with Gasteiger partial charge in [-0.1, -0.05) is 51.0 Å². The van der Waals surface area contributed by atoms with Gasteiger partial charge in [-0.25, -0.2) is 0 Å². The number of hydrogen-bond donors (Lipinski definition) is 0. The van der Waals surface area contributed by atoms with Crippen LogP contribution < -0.4 is 0 Å². The second-order valence-electron chi connectivity index (χ2n) is 5.22. The van der Waals surface area contributed by atoms with E-state index in [0.717, 1.165) is 11.8 Å². The van der Waals surface area contributed by atoms with Crippen molar-refractivity contribution in [3.63, 3.8) is 0 Å². The van der Waals surface area contributed by atoms with Crippen molar-refractivity contribution in [3.05, 3.63) is 34.4 Å². The van der Waals surface area contributed by atoms with Crippen LogP contribution in [0, 0.1) is 11.8 Å². The van der Waals surface area contributed by atoms with Crippen LogP contribution in [0.15, 0.2) is 34.4 Å². The van der Waals surface area contributed by atoms with Crippen molar-refractivity contribution in [1.29, 1.82) is 0 Å². The molecule has 2 unspecified atom stereocenters. The van der Waals surface area contributed by atoms with Gasteiger partial charge in [0.15, 0.2) is 0 Å². The lowest BCUT2D eigenvalue weighted by Gasteiger charge is -2.35. The van der Waals surface area contributed by atoms with Crippen molar-refractivity contribution < 1.29 is 0 Å². The van der Waals surface area contributed by atoms with Gasteiger partial charge in [-0.2, -0.15) is 0 Å². The smallest absolute Gasteiger partial charge is 0.00513 e. The summed E-state index contributed by atoms with van der Waals surface area (Å²) < 4.78 is 0. The number of fused-ring (bicyclic) bond motifs is 1. The summed E-state index contributed by atoms with van der Waals surface area (Å²) in [5.74, 6) is 1.54. The molecule has 0 heterocycles. The minimum atomic E-state index is 0.736. The van der Waals surface area contributed by atoms with E-state index in [-0.39, 0.29) is 0 Å². The Hall–Kier alpha value is -0.780. The predicted octanol–water partition coefficient (Wildman–Crippen LogP) is 5.43. The van der Waals surface area contributed by atoms with Crippen LogP contribution >= 0.6 is 0 Å². The van der Waals surface area contributed by atoms with Crippen LogP contribution in [0.5, 0.6) is 0 Å². The molecule has 0 nitrogen and oxygen atoms in total. The van der Waals surface area contributed by atoms with Crippen molar-refractivity contribution in [2.24, 2.45) is 11.8 Å². The number of hydrogen-bond acceptors (Lipinski definition) is 0. The minimum absolute atomic E-state index is 0.736. The average Bonchev–Trinajstić information content (AvgIpc) is 2.84. The molecule has 0 fully saturated rings. The molecular formula is C17H26. The van der Waals surface area contributed by atoms with Crippen molar-refractivity contribution in [1.82, 2.24) is 0 Å². The van der Waals surface area contributed by atoms with E-state index in [1.165, 1.54) is 32.1 Å². The fourth-order valence-electron chi connectivity index (χ4n) is 3.99. The standard InChI is InChI=1S/C17H26/c1-5-12-13(6-2)15(8-4)17-11-9-10-16(17)14(12)7-3/h9-10,16-17H,5-8,11H2,1-4H3. The summed E-state index contributed by atoms with van der Waals surface area (Å²) in [5.41, 5.74) is 6.90. The molecule has 0 amide bonds. The highest BCUT2D eigenvalue weighted by Gasteiger charge is 2.34. The summed E-state index contributed by atoms with van der Waals surface area (Å²) in [6, 6.07) is 0. The molecule has 0 heteroatoms. The van der Waals surface area contributed by atoms with E-state index in [0.29, 0.717) is 0 Å². The van der Waals surface area contributed by atoms with Gasteiger partial charge < -0.3 is 0 Å². The van der Waals surface area contributed by atoms with Gasteiger partial charge >= 0.3 is 0 Å². The second-order valence-corrected chi connectivity index (χ2v) is 5.22. The Balaban J connectivity index is 2.54. The molecule has 0 aromatic rings. The Bertz CT molecular complexity index is 379. The first kappa shape index (κ1) is 12.7. The Morgan fingerprint density at radius 3 is 2.00 bits per heavy atom. The third kappa shape index (κ3) is 1.92. The van der Waals surface area contributed by atoms with Crippen LogP contribution in [0.3, 0.4) is 0 Å². The van der Waals surface area contributed by atoms with E-state index in [2.05, 4.69) is 39.8 Å². The third-order valence-corrected chi connectivity index (χ3v) is 4.63. The van der Waals surface area contributed by atoms with Crippen LogP contribution in [-0.2, 0) is 0 Å². The first-order valence-corrected chi connectivity index (χ1v) is 7.39. The topological polar surface area (TPSA) is 0 Å². The van der Waals surface area contributed by atoms with Crippen molar-refractivity contribution in [2.45, 2.75) is 59.8 Å². The summed E-state index contributed by atoms with van der Waals surface area (Å²) in [6.07, 6.45) is 11.1. The highest BCUT2D eigenvalue weighted by molar-refractivity contribution is 5.48. The van der Waals surface area contributed by atoms with Crippen LogP contribution in [0.1, 0.15) is 59.8 Å². The van der Waals surface area contributed by atoms with Crippen LogP contribution in [-0.4, -0.2) is 0 Å². The Morgan fingerprint density at radius 1 is 0.882 bits per heavy atom. The first-order chi connectivity index (χ1) is 8.28. The third-order valence-electron chi connectivity index (χ3n) is 4.63. The van der Waals surface area contributed by atoms with E-state index >= 15 is 0 Å².